The van der Waals surface area contributed by atoms with Crippen molar-refractivity contribution in [3.8, 4) is 5.75 Å². The van der Waals surface area contributed by atoms with E-state index in [2.05, 4.69) is 23.5 Å². The fraction of sp³-hybridized carbons (Fsp3) is 0.455. The molecule has 0 spiro atoms. The Bertz CT molecular complexity index is 942. The smallest absolute Gasteiger partial charge is 0.272 e. The number of rotatable bonds is 11. The molecule has 1 aromatic heterocycles. The van der Waals surface area contributed by atoms with Crippen LogP contribution in [0.25, 0.3) is 0 Å². The van der Waals surface area contributed by atoms with Crippen molar-refractivity contribution in [2.75, 3.05) is 24.3 Å². The first-order valence-corrected chi connectivity index (χ1v) is 11.3. The number of nitrogens with zero attached hydrogens (tertiary/aromatic N) is 2. The Labute approximate surface area is 192 Å². The van der Waals surface area contributed by atoms with Crippen molar-refractivity contribution in [3.63, 3.8) is 0 Å². The van der Waals surface area contributed by atoms with Crippen molar-refractivity contribution in [1.29, 1.82) is 0 Å². The van der Waals surface area contributed by atoms with Gasteiger partial charge in [-0.3, -0.25) is 19.3 Å². The lowest BCUT2D eigenvalue weighted by Gasteiger charge is -2.31. The molecule has 2 aromatic rings. The van der Waals surface area contributed by atoms with Gasteiger partial charge >= 0.3 is 0 Å². The molecule has 9 nitrogen and oxygen atoms in total. The van der Waals surface area contributed by atoms with Crippen LogP contribution >= 0.6 is 11.5 Å². The van der Waals surface area contributed by atoms with E-state index in [1.54, 1.807) is 31.4 Å². The van der Waals surface area contributed by atoms with E-state index >= 15 is 0 Å². The number of hydrogen-bond donors (Lipinski definition) is 3. The standard InChI is InChI=1S/C22H31N5O4S/c1-5-6-16(21(29)25-12-11-13(2)3)27(14-7-9-15(31-4)10-8-14)22(30)19-17(23)18(20(24)28)26-32-19/h7-10,13,16H,5-6,11-12,23H2,1-4H3,(H2,24,28)(H,25,29)/t16-/m0/s1. The fourth-order valence-electron chi connectivity index (χ4n) is 3.17. The van der Waals surface area contributed by atoms with E-state index in [4.69, 9.17) is 16.2 Å². The molecule has 1 heterocycles. The highest BCUT2D eigenvalue weighted by atomic mass is 32.1. The maximum absolute atomic E-state index is 13.6. The molecule has 0 unspecified atom stereocenters. The number of hydrogen-bond acceptors (Lipinski definition) is 7. The van der Waals surface area contributed by atoms with Crippen LogP contribution in [0.4, 0.5) is 11.4 Å². The summed E-state index contributed by atoms with van der Waals surface area (Å²) in [5.41, 5.74) is 11.6. The highest BCUT2D eigenvalue weighted by Crippen LogP contribution is 2.29. The van der Waals surface area contributed by atoms with E-state index in [-0.39, 0.29) is 22.2 Å². The van der Waals surface area contributed by atoms with Crippen molar-refractivity contribution in [1.82, 2.24) is 9.69 Å². The average Bonchev–Trinajstić information content (AvgIpc) is 3.15. The van der Waals surface area contributed by atoms with Gasteiger partial charge < -0.3 is 21.5 Å². The molecule has 3 amide bonds. The van der Waals surface area contributed by atoms with Crippen molar-refractivity contribution in [2.45, 2.75) is 46.1 Å². The van der Waals surface area contributed by atoms with Gasteiger partial charge in [0.1, 0.15) is 16.7 Å². The van der Waals surface area contributed by atoms with Gasteiger partial charge in [0.05, 0.1) is 12.8 Å². The summed E-state index contributed by atoms with van der Waals surface area (Å²) >= 11 is 0.789. The zero-order valence-corrected chi connectivity index (χ0v) is 19.7. The molecule has 5 N–H and O–H groups in total. The second kappa shape index (κ2) is 11.5. The zero-order valence-electron chi connectivity index (χ0n) is 18.9. The maximum atomic E-state index is 13.6. The summed E-state index contributed by atoms with van der Waals surface area (Å²) in [4.78, 5) is 39.8. The quantitative estimate of drug-likeness (QED) is 0.470. The van der Waals surface area contributed by atoms with Gasteiger partial charge in [-0.2, -0.15) is 4.37 Å². The lowest BCUT2D eigenvalue weighted by molar-refractivity contribution is -0.122. The number of amides is 3. The van der Waals surface area contributed by atoms with E-state index < -0.39 is 17.9 Å². The van der Waals surface area contributed by atoms with Crippen LogP contribution < -0.4 is 26.4 Å². The largest absolute Gasteiger partial charge is 0.497 e. The summed E-state index contributed by atoms with van der Waals surface area (Å²) in [6, 6.07) is 6.05. The van der Waals surface area contributed by atoms with Gasteiger partial charge in [0, 0.05) is 12.2 Å². The van der Waals surface area contributed by atoms with Crippen molar-refractivity contribution >= 4 is 40.6 Å². The number of anilines is 2. The van der Waals surface area contributed by atoms with Gasteiger partial charge in [-0.15, -0.1) is 0 Å². The highest BCUT2D eigenvalue weighted by Gasteiger charge is 2.34. The number of carbonyl (C=O) groups is 3. The summed E-state index contributed by atoms with van der Waals surface area (Å²) in [7, 11) is 1.55. The molecular formula is C22H31N5O4S. The van der Waals surface area contributed by atoms with Crippen LogP contribution in [0.3, 0.4) is 0 Å². The monoisotopic (exact) mass is 461 g/mol. The molecule has 0 saturated heterocycles. The van der Waals surface area contributed by atoms with E-state index in [9.17, 15) is 14.4 Å². The normalized spacial score (nSPS) is 11.8. The van der Waals surface area contributed by atoms with Gasteiger partial charge in [0.2, 0.25) is 5.91 Å². The second-order valence-corrected chi connectivity index (χ2v) is 8.56. The van der Waals surface area contributed by atoms with Crippen LogP contribution in [0.2, 0.25) is 0 Å². The van der Waals surface area contributed by atoms with Gasteiger partial charge in [-0.05, 0) is 54.6 Å². The number of carbonyl (C=O) groups excluding carboxylic acids is 3. The molecule has 2 rings (SSSR count). The Morgan fingerprint density at radius 2 is 1.84 bits per heavy atom. The van der Waals surface area contributed by atoms with Gasteiger partial charge in [0.15, 0.2) is 5.69 Å². The summed E-state index contributed by atoms with van der Waals surface area (Å²) in [6.07, 6.45) is 1.93. The van der Waals surface area contributed by atoms with Crippen molar-refractivity contribution in [2.24, 2.45) is 11.7 Å². The van der Waals surface area contributed by atoms with E-state index in [1.165, 1.54) is 4.90 Å². The van der Waals surface area contributed by atoms with Crippen molar-refractivity contribution in [3.05, 3.63) is 34.8 Å². The van der Waals surface area contributed by atoms with Crippen molar-refractivity contribution < 1.29 is 19.1 Å². The van der Waals surface area contributed by atoms with Crippen LogP contribution in [-0.2, 0) is 4.79 Å². The van der Waals surface area contributed by atoms with Crippen LogP contribution in [0.15, 0.2) is 24.3 Å². The van der Waals surface area contributed by atoms with E-state index in [1.807, 2.05) is 6.92 Å². The number of primary amides is 1. The predicted octanol–water partition coefficient (Wildman–Crippen LogP) is 2.81. The number of methoxy groups -OCH3 is 1. The van der Waals surface area contributed by atoms with Crippen LogP contribution in [-0.4, -0.2) is 41.8 Å². The molecule has 0 bridgehead atoms. The molecule has 0 aliphatic heterocycles. The minimum atomic E-state index is -0.815. The Kier molecular flexibility index (Phi) is 9.01. The zero-order chi connectivity index (χ0) is 23.8. The molecule has 1 aromatic carbocycles. The number of aromatic nitrogens is 1. The summed E-state index contributed by atoms with van der Waals surface area (Å²) < 4.78 is 9.14. The van der Waals surface area contributed by atoms with Crippen LogP contribution in [0, 0.1) is 5.92 Å². The minimum Gasteiger partial charge on any atom is -0.497 e. The fourth-order valence-corrected chi connectivity index (χ4v) is 3.92. The molecule has 1 atom stereocenters. The van der Waals surface area contributed by atoms with Crippen LogP contribution in [0.5, 0.6) is 5.75 Å². The third kappa shape index (κ3) is 5.97. The van der Waals surface area contributed by atoms with Gasteiger partial charge in [-0.25, -0.2) is 0 Å². The average molecular weight is 462 g/mol. The third-order valence-electron chi connectivity index (χ3n) is 4.92. The summed E-state index contributed by atoms with van der Waals surface area (Å²) in [5, 5.41) is 2.94. The SMILES string of the molecule is CCC[C@@H](C(=O)NCCC(C)C)N(C(=O)c1snc(C(N)=O)c1N)c1ccc(OC)cc1. The molecule has 10 heteroatoms. The Morgan fingerprint density at radius 1 is 1.19 bits per heavy atom. The molecule has 0 fully saturated rings. The highest BCUT2D eigenvalue weighted by molar-refractivity contribution is 7.09. The maximum Gasteiger partial charge on any atom is 0.272 e. The first-order chi connectivity index (χ1) is 15.2. The molecule has 0 aliphatic carbocycles. The summed E-state index contributed by atoms with van der Waals surface area (Å²) in [5.74, 6) is -0.540. The molecule has 174 valence electrons. The topological polar surface area (TPSA) is 141 Å². The minimum absolute atomic E-state index is 0.0608. The first kappa shape index (κ1) is 25.1. The third-order valence-corrected chi connectivity index (χ3v) is 5.77. The molecule has 32 heavy (non-hydrogen) atoms. The number of benzene rings is 1. The lowest BCUT2D eigenvalue weighted by Crippen LogP contribution is -2.50. The number of ether oxygens (including phenoxy) is 1. The lowest BCUT2D eigenvalue weighted by atomic mass is 10.1. The Morgan fingerprint density at radius 3 is 2.34 bits per heavy atom. The number of nitrogen functional groups attached to an aromatic ring is 1. The van der Waals surface area contributed by atoms with Gasteiger partial charge in [0.25, 0.3) is 11.8 Å². The molecular weight excluding hydrogens is 430 g/mol. The first-order valence-electron chi connectivity index (χ1n) is 10.5. The predicted molar refractivity (Wildman–Crippen MR) is 126 cm³/mol. The Balaban J connectivity index is 2.48. The number of nitrogens with two attached hydrogens (primary N) is 2. The number of nitrogens with one attached hydrogen (secondary N) is 1. The van der Waals surface area contributed by atoms with E-state index in [0.717, 1.165) is 18.0 Å². The Hall–Kier alpha value is -3.14. The molecule has 0 radical (unpaired) electrons. The molecule has 0 saturated carbocycles. The van der Waals surface area contributed by atoms with Gasteiger partial charge in [-0.1, -0.05) is 27.2 Å². The summed E-state index contributed by atoms with van der Waals surface area (Å²) in [6.45, 7) is 6.60. The van der Waals surface area contributed by atoms with E-state index in [0.29, 0.717) is 36.7 Å². The van der Waals surface area contributed by atoms with Crippen LogP contribution in [0.1, 0.15) is 60.2 Å². The second-order valence-electron chi connectivity index (χ2n) is 7.79. The molecule has 0 aliphatic rings.